The normalized spacial score (nSPS) is 13.5. The van der Waals surface area contributed by atoms with Gasteiger partial charge in [-0.25, -0.2) is 14.6 Å². The van der Waals surface area contributed by atoms with Gasteiger partial charge < -0.3 is 25.2 Å². The Morgan fingerprint density at radius 3 is 2.67 bits per heavy atom. The van der Waals surface area contributed by atoms with Crippen molar-refractivity contribution in [3.8, 4) is 11.3 Å². The average Bonchev–Trinajstić information content (AvgIpc) is 3.13. The molecule has 9 nitrogen and oxygen atoms in total. The molecule has 1 amide bonds. The van der Waals surface area contributed by atoms with Gasteiger partial charge in [-0.1, -0.05) is 30.3 Å². The summed E-state index contributed by atoms with van der Waals surface area (Å²) in [4.78, 5) is 42.7. The summed E-state index contributed by atoms with van der Waals surface area (Å²) in [6.45, 7) is -0.117. The minimum Gasteiger partial charge on any atom is -0.478 e. The zero-order chi connectivity index (χ0) is 23.5. The molecule has 2 heterocycles. The fourth-order valence-electron chi connectivity index (χ4n) is 3.75. The number of methoxy groups -OCH3 is 1. The Hall–Kier alpha value is -4.24. The van der Waals surface area contributed by atoms with E-state index in [1.54, 1.807) is 48.5 Å². The maximum absolute atomic E-state index is 12.8. The van der Waals surface area contributed by atoms with E-state index >= 15 is 0 Å². The van der Waals surface area contributed by atoms with Crippen LogP contribution in [0.15, 0.2) is 65.9 Å². The van der Waals surface area contributed by atoms with Crippen LogP contribution >= 0.6 is 0 Å². The first-order chi connectivity index (χ1) is 15.9. The average molecular weight is 447 g/mol. The molecular formula is C24H21N3O6. The van der Waals surface area contributed by atoms with Crippen LogP contribution < -0.4 is 5.32 Å². The summed E-state index contributed by atoms with van der Waals surface area (Å²) in [6, 6.07) is 15.4. The second-order valence-corrected chi connectivity index (χ2v) is 7.38. The second-order valence-electron chi connectivity index (χ2n) is 7.38. The van der Waals surface area contributed by atoms with E-state index in [9.17, 15) is 24.6 Å². The van der Waals surface area contributed by atoms with Crippen LogP contribution in [-0.2, 0) is 14.3 Å². The maximum Gasteiger partial charge on any atom is 0.337 e. The van der Waals surface area contributed by atoms with E-state index in [1.807, 2.05) is 0 Å². The Morgan fingerprint density at radius 2 is 1.94 bits per heavy atom. The number of aromatic carboxylic acids is 1. The molecule has 0 fully saturated rings. The van der Waals surface area contributed by atoms with Crippen LogP contribution in [-0.4, -0.2) is 64.7 Å². The van der Waals surface area contributed by atoms with Crippen molar-refractivity contribution in [3.63, 3.8) is 0 Å². The smallest absolute Gasteiger partial charge is 0.337 e. The summed E-state index contributed by atoms with van der Waals surface area (Å²) in [7, 11) is 1.23. The fraction of sp³-hybridized carbons (Fsp3) is 0.167. The van der Waals surface area contributed by atoms with Gasteiger partial charge in [-0.15, -0.1) is 0 Å². The van der Waals surface area contributed by atoms with E-state index in [-0.39, 0.29) is 36.5 Å². The van der Waals surface area contributed by atoms with Crippen LogP contribution in [0.5, 0.6) is 0 Å². The van der Waals surface area contributed by atoms with E-state index in [4.69, 9.17) is 4.74 Å². The molecule has 0 unspecified atom stereocenters. The Morgan fingerprint density at radius 1 is 1.15 bits per heavy atom. The van der Waals surface area contributed by atoms with Gasteiger partial charge in [0.05, 0.1) is 42.6 Å². The summed E-state index contributed by atoms with van der Waals surface area (Å²) in [6.07, 6.45) is 0. The lowest BCUT2D eigenvalue weighted by atomic mass is 10.0. The number of ether oxygens (including phenoxy) is 1. The number of hydrogen-bond acceptors (Lipinski definition) is 7. The van der Waals surface area contributed by atoms with Crippen molar-refractivity contribution in [2.24, 2.45) is 0 Å². The number of aromatic nitrogens is 1. The van der Waals surface area contributed by atoms with Gasteiger partial charge in [-0.05, 0) is 24.3 Å². The largest absolute Gasteiger partial charge is 0.478 e. The molecule has 168 valence electrons. The third-order valence-corrected chi connectivity index (χ3v) is 5.33. The first-order valence-corrected chi connectivity index (χ1v) is 10.1. The second kappa shape index (κ2) is 9.09. The summed E-state index contributed by atoms with van der Waals surface area (Å²) in [5, 5.41) is 22.4. The number of carbonyl (C=O) groups excluding carboxylic acids is 2. The van der Waals surface area contributed by atoms with Gasteiger partial charge in [0.15, 0.2) is 0 Å². The Bertz CT molecular complexity index is 1300. The molecule has 0 saturated heterocycles. The summed E-state index contributed by atoms with van der Waals surface area (Å²) in [5.74, 6) is -2.12. The number of carboxylic acids is 1. The molecule has 1 aliphatic heterocycles. The number of amides is 1. The fourth-order valence-corrected chi connectivity index (χ4v) is 3.75. The van der Waals surface area contributed by atoms with Crippen molar-refractivity contribution < 1.29 is 29.3 Å². The number of carbonyl (C=O) groups is 3. The third kappa shape index (κ3) is 4.26. The first-order valence-electron chi connectivity index (χ1n) is 10.1. The summed E-state index contributed by atoms with van der Waals surface area (Å²) < 4.78 is 4.80. The highest BCUT2D eigenvalue weighted by molar-refractivity contribution is 6.08. The van der Waals surface area contributed by atoms with Gasteiger partial charge in [0.2, 0.25) is 0 Å². The number of hydrogen-bond donors (Lipinski definition) is 3. The molecule has 0 atom stereocenters. The predicted molar refractivity (Wildman–Crippen MR) is 120 cm³/mol. The number of β-amino-alcohol motifs (C(OH)–C–C–N with tert-alkyl or cyclic N) is 1. The quantitative estimate of drug-likeness (QED) is 0.471. The molecule has 0 aliphatic carbocycles. The number of benzene rings is 2. The van der Waals surface area contributed by atoms with Gasteiger partial charge >= 0.3 is 11.9 Å². The van der Waals surface area contributed by atoms with E-state index in [0.717, 1.165) is 0 Å². The number of carboxylic acid groups (broad SMARTS) is 1. The number of anilines is 1. The summed E-state index contributed by atoms with van der Waals surface area (Å²) >= 11 is 0. The van der Waals surface area contributed by atoms with Crippen LogP contribution in [0.2, 0.25) is 0 Å². The minimum absolute atomic E-state index is 0.0301. The molecular weight excluding hydrogens is 426 g/mol. The number of nitrogens with zero attached hydrogens (tertiary/aromatic N) is 2. The Balaban J connectivity index is 1.72. The molecule has 0 bridgehead atoms. The number of aliphatic hydroxyl groups is 1. The molecule has 9 heteroatoms. The number of para-hydroxylation sites is 1. The zero-order valence-electron chi connectivity index (χ0n) is 17.7. The molecule has 1 aliphatic rings. The standard InChI is InChI=1S/C24H21N3O6/c1-33-24(32)18-13-27(9-10-28)22(29)21(18)25-15-6-4-5-14(11-15)20-12-17(23(30)31)16-7-2-3-8-19(16)26-20/h2-8,11-12,25,28H,9-10,13H2,1H3,(H,30,31). The van der Waals surface area contributed by atoms with Crippen molar-refractivity contribution in [2.75, 3.05) is 32.1 Å². The highest BCUT2D eigenvalue weighted by atomic mass is 16.5. The van der Waals surface area contributed by atoms with Gasteiger partial charge in [-0.3, -0.25) is 4.79 Å². The molecule has 33 heavy (non-hydrogen) atoms. The minimum atomic E-state index is -1.06. The van der Waals surface area contributed by atoms with E-state index in [1.165, 1.54) is 18.1 Å². The van der Waals surface area contributed by atoms with Crippen molar-refractivity contribution in [2.45, 2.75) is 0 Å². The predicted octanol–water partition coefficient (Wildman–Crippen LogP) is 2.27. The number of aliphatic hydroxyl groups excluding tert-OH is 1. The van der Waals surface area contributed by atoms with Crippen LogP contribution in [0.25, 0.3) is 22.2 Å². The van der Waals surface area contributed by atoms with Crippen LogP contribution in [0.4, 0.5) is 5.69 Å². The molecule has 0 spiro atoms. The molecule has 2 aromatic carbocycles. The van der Waals surface area contributed by atoms with E-state index in [0.29, 0.717) is 27.8 Å². The Labute approximate surface area is 188 Å². The van der Waals surface area contributed by atoms with Crippen LogP contribution in [0.3, 0.4) is 0 Å². The molecule has 0 saturated carbocycles. The lowest BCUT2D eigenvalue weighted by Gasteiger charge is -2.15. The molecule has 1 aromatic heterocycles. The molecule has 0 radical (unpaired) electrons. The number of nitrogens with one attached hydrogen (secondary N) is 1. The van der Waals surface area contributed by atoms with Crippen LogP contribution in [0, 0.1) is 0 Å². The number of fused-ring (bicyclic) bond motifs is 1. The highest BCUT2D eigenvalue weighted by Crippen LogP contribution is 2.28. The number of rotatable bonds is 7. The van der Waals surface area contributed by atoms with Gasteiger partial charge in [-0.2, -0.15) is 0 Å². The third-order valence-electron chi connectivity index (χ3n) is 5.33. The SMILES string of the molecule is COC(=O)C1=C(Nc2cccc(-c3cc(C(=O)O)c4ccccc4n3)c2)C(=O)N(CCO)C1. The van der Waals surface area contributed by atoms with Crippen LogP contribution in [0.1, 0.15) is 10.4 Å². The van der Waals surface area contributed by atoms with Gasteiger partial charge in [0.1, 0.15) is 5.70 Å². The summed E-state index contributed by atoms with van der Waals surface area (Å²) in [5.41, 5.74) is 2.52. The Kier molecular flexibility index (Phi) is 6.05. The van der Waals surface area contributed by atoms with Crippen molar-refractivity contribution >= 4 is 34.4 Å². The first kappa shape index (κ1) is 22.0. The van der Waals surface area contributed by atoms with Crippen molar-refractivity contribution in [1.82, 2.24) is 9.88 Å². The lowest BCUT2D eigenvalue weighted by Crippen LogP contribution is -2.31. The zero-order valence-corrected chi connectivity index (χ0v) is 17.7. The van der Waals surface area contributed by atoms with E-state index < -0.39 is 17.8 Å². The maximum atomic E-state index is 12.8. The number of esters is 1. The molecule has 3 N–H and O–H groups in total. The monoisotopic (exact) mass is 447 g/mol. The molecule has 3 aromatic rings. The lowest BCUT2D eigenvalue weighted by molar-refractivity contribution is -0.136. The number of pyridine rings is 1. The topological polar surface area (TPSA) is 129 Å². The van der Waals surface area contributed by atoms with E-state index in [2.05, 4.69) is 10.3 Å². The van der Waals surface area contributed by atoms with Gasteiger partial charge in [0.25, 0.3) is 5.91 Å². The molecule has 4 rings (SSSR count). The van der Waals surface area contributed by atoms with Gasteiger partial charge in [0, 0.05) is 23.2 Å². The highest BCUT2D eigenvalue weighted by Gasteiger charge is 2.34. The van der Waals surface area contributed by atoms with Crippen molar-refractivity contribution in [3.05, 3.63) is 71.4 Å². The van der Waals surface area contributed by atoms with Crippen molar-refractivity contribution in [1.29, 1.82) is 0 Å².